The number of nitrogens with zero attached hydrogens (tertiary/aromatic N) is 1. The van der Waals surface area contributed by atoms with Crippen LogP contribution in [0.2, 0.25) is 0 Å². The summed E-state index contributed by atoms with van der Waals surface area (Å²) in [4.78, 5) is 7.17. The molecule has 1 aliphatic rings. The van der Waals surface area contributed by atoms with Crippen molar-refractivity contribution in [2.45, 2.75) is 0 Å². The first-order valence-electron chi connectivity index (χ1n) is 4.73. The predicted octanol–water partition coefficient (Wildman–Crippen LogP) is 1.31. The first-order chi connectivity index (χ1) is 7.86. The van der Waals surface area contributed by atoms with Crippen molar-refractivity contribution in [2.75, 3.05) is 21.0 Å². The molecule has 1 aromatic heterocycles. The number of fused-ring (bicyclic) bond motifs is 2. The molecular formula is C10H10N2O4. The molecule has 1 N–H and O–H groups in total. The SMILES string of the molecule is COc1c2c(c(OC)c3[nH]cnc13)OCO2. The van der Waals surface area contributed by atoms with Crippen LogP contribution in [0.3, 0.4) is 0 Å². The quantitative estimate of drug-likeness (QED) is 0.829. The molecule has 3 rings (SSSR count). The van der Waals surface area contributed by atoms with E-state index in [1.165, 1.54) is 0 Å². The van der Waals surface area contributed by atoms with Crippen molar-refractivity contribution < 1.29 is 18.9 Å². The Kier molecular flexibility index (Phi) is 1.82. The molecule has 0 saturated heterocycles. The van der Waals surface area contributed by atoms with Crippen molar-refractivity contribution in [3.63, 3.8) is 0 Å². The number of hydrogen-bond donors (Lipinski definition) is 1. The lowest BCUT2D eigenvalue weighted by Crippen LogP contribution is -1.94. The van der Waals surface area contributed by atoms with Crippen LogP contribution in [-0.4, -0.2) is 31.0 Å². The highest BCUT2D eigenvalue weighted by molar-refractivity contribution is 5.93. The summed E-state index contributed by atoms with van der Waals surface area (Å²) in [5.74, 6) is 2.24. The van der Waals surface area contributed by atoms with E-state index in [2.05, 4.69) is 9.97 Å². The first kappa shape index (κ1) is 9.14. The number of aromatic nitrogens is 2. The fraction of sp³-hybridized carbons (Fsp3) is 0.300. The molecule has 0 spiro atoms. The van der Waals surface area contributed by atoms with Crippen molar-refractivity contribution in [2.24, 2.45) is 0 Å². The Hall–Kier alpha value is -2.11. The average molecular weight is 222 g/mol. The number of rotatable bonds is 2. The van der Waals surface area contributed by atoms with Crippen LogP contribution in [0.15, 0.2) is 6.33 Å². The minimum Gasteiger partial charge on any atom is -0.491 e. The zero-order valence-corrected chi connectivity index (χ0v) is 8.86. The molecule has 0 amide bonds. The Morgan fingerprint density at radius 1 is 1.19 bits per heavy atom. The van der Waals surface area contributed by atoms with Crippen LogP contribution in [0.5, 0.6) is 23.0 Å². The second-order valence-corrected chi connectivity index (χ2v) is 3.26. The van der Waals surface area contributed by atoms with Crippen LogP contribution in [0.1, 0.15) is 0 Å². The Morgan fingerprint density at radius 3 is 2.56 bits per heavy atom. The third kappa shape index (κ3) is 0.982. The molecule has 1 aromatic carbocycles. The molecule has 1 aliphatic heterocycles. The zero-order chi connectivity index (χ0) is 11.1. The van der Waals surface area contributed by atoms with Crippen molar-refractivity contribution in [3.8, 4) is 23.0 Å². The standard InChI is InChI=1S/C10H10N2O4/c1-13-7-5-6(12-3-11-5)8(14-2)10-9(7)15-4-16-10/h3H,4H2,1-2H3,(H,11,12). The maximum Gasteiger partial charge on any atom is 0.231 e. The summed E-state index contributed by atoms with van der Waals surface area (Å²) in [5, 5.41) is 0. The van der Waals surface area contributed by atoms with E-state index in [4.69, 9.17) is 18.9 Å². The van der Waals surface area contributed by atoms with E-state index in [1.807, 2.05) is 0 Å². The van der Waals surface area contributed by atoms with E-state index in [-0.39, 0.29) is 6.79 Å². The third-order valence-corrected chi connectivity index (χ3v) is 2.51. The lowest BCUT2D eigenvalue weighted by atomic mass is 10.2. The summed E-state index contributed by atoms with van der Waals surface area (Å²) in [6.45, 7) is 0.161. The summed E-state index contributed by atoms with van der Waals surface area (Å²) in [5.41, 5.74) is 1.41. The predicted molar refractivity (Wildman–Crippen MR) is 55.3 cm³/mol. The van der Waals surface area contributed by atoms with Gasteiger partial charge in [0.15, 0.2) is 11.5 Å². The third-order valence-electron chi connectivity index (χ3n) is 2.51. The van der Waals surface area contributed by atoms with E-state index in [1.54, 1.807) is 20.5 Å². The minimum absolute atomic E-state index is 0.161. The second kappa shape index (κ2) is 3.19. The number of benzene rings is 1. The molecule has 0 fully saturated rings. The fourth-order valence-electron chi connectivity index (χ4n) is 1.86. The molecule has 0 saturated carbocycles. The van der Waals surface area contributed by atoms with Gasteiger partial charge in [0, 0.05) is 0 Å². The van der Waals surface area contributed by atoms with Crippen LogP contribution in [-0.2, 0) is 0 Å². The zero-order valence-electron chi connectivity index (χ0n) is 8.86. The van der Waals surface area contributed by atoms with E-state index in [0.717, 1.165) is 5.52 Å². The molecule has 6 nitrogen and oxygen atoms in total. The Bertz CT molecular complexity index is 503. The average Bonchev–Trinajstić information content (AvgIpc) is 2.93. The van der Waals surface area contributed by atoms with Gasteiger partial charge in [0.25, 0.3) is 0 Å². The molecule has 0 atom stereocenters. The molecule has 0 bridgehead atoms. The molecule has 6 heteroatoms. The molecule has 84 valence electrons. The van der Waals surface area contributed by atoms with Gasteiger partial charge >= 0.3 is 0 Å². The minimum atomic E-state index is 0.161. The van der Waals surface area contributed by atoms with E-state index in [0.29, 0.717) is 28.5 Å². The normalized spacial score (nSPS) is 13.1. The number of nitrogens with one attached hydrogen (secondary N) is 1. The van der Waals surface area contributed by atoms with Gasteiger partial charge in [-0.3, -0.25) is 0 Å². The number of ether oxygens (including phenoxy) is 4. The molecule has 2 aromatic rings. The van der Waals surface area contributed by atoms with Gasteiger partial charge in [-0.15, -0.1) is 0 Å². The van der Waals surface area contributed by atoms with Gasteiger partial charge in [0.1, 0.15) is 11.0 Å². The fourth-order valence-corrected chi connectivity index (χ4v) is 1.86. The van der Waals surface area contributed by atoms with Crippen molar-refractivity contribution >= 4 is 11.0 Å². The van der Waals surface area contributed by atoms with Crippen LogP contribution >= 0.6 is 0 Å². The smallest absolute Gasteiger partial charge is 0.231 e. The highest BCUT2D eigenvalue weighted by atomic mass is 16.7. The second-order valence-electron chi connectivity index (χ2n) is 3.26. The first-order valence-corrected chi connectivity index (χ1v) is 4.73. The van der Waals surface area contributed by atoms with E-state index < -0.39 is 0 Å². The van der Waals surface area contributed by atoms with Crippen molar-refractivity contribution in [3.05, 3.63) is 6.33 Å². The molecule has 0 aliphatic carbocycles. The van der Waals surface area contributed by atoms with Gasteiger partial charge < -0.3 is 23.9 Å². The topological polar surface area (TPSA) is 65.6 Å². The van der Waals surface area contributed by atoms with Gasteiger partial charge in [-0.05, 0) is 0 Å². The maximum absolute atomic E-state index is 5.37. The summed E-state index contributed by atoms with van der Waals surface area (Å²) in [6.07, 6.45) is 1.57. The number of imidazole rings is 1. The van der Waals surface area contributed by atoms with Crippen LogP contribution in [0.25, 0.3) is 11.0 Å². The van der Waals surface area contributed by atoms with Gasteiger partial charge in [-0.25, -0.2) is 4.98 Å². The summed E-state index contributed by atoms with van der Waals surface area (Å²) in [6, 6.07) is 0. The summed E-state index contributed by atoms with van der Waals surface area (Å²) in [7, 11) is 3.14. The van der Waals surface area contributed by atoms with Gasteiger partial charge in [-0.1, -0.05) is 0 Å². The van der Waals surface area contributed by atoms with Crippen molar-refractivity contribution in [1.82, 2.24) is 9.97 Å². The lowest BCUT2D eigenvalue weighted by molar-refractivity contribution is 0.169. The Labute approximate surface area is 91.1 Å². The van der Waals surface area contributed by atoms with Gasteiger partial charge in [0.05, 0.1) is 20.5 Å². The number of hydrogen-bond acceptors (Lipinski definition) is 5. The summed E-state index contributed by atoms with van der Waals surface area (Å²) >= 11 is 0. The molecular weight excluding hydrogens is 212 g/mol. The van der Waals surface area contributed by atoms with Crippen LogP contribution < -0.4 is 18.9 Å². The monoisotopic (exact) mass is 222 g/mol. The van der Waals surface area contributed by atoms with E-state index >= 15 is 0 Å². The van der Waals surface area contributed by atoms with Crippen LogP contribution in [0.4, 0.5) is 0 Å². The maximum atomic E-state index is 5.37. The number of methoxy groups -OCH3 is 2. The Morgan fingerprint density at radius 2 is 1.88 bits per heavy atom. The number of aromatic amines is 1. The lowest BCUT2D eigenvalue weighted by Gasteiger charge is -2.09. The Balaban J connectivity index is 2.43. The highest BCUT2D eigenvalue weighted by Crippen LogP contribution is 2.52. The largest absolute Gasteiger partial charge is 0.491 e. The number of H-pyrrole nitrogens is 1. The van der Waals surface area contributed by atoms with Gasteiger partial charge in [0.2, 0.25) is 18.3 Å². The highest BCUT2D eigenvalue weighted by Gasteiger charge is 2.29. The summed E-state index contributed by atoms with van der Waals surface area (Å²) < 4.78 is 21.3. The van der Waals surface area contributed by atoms with E-state index in [9.17, 15) is 0 Å². The van der Waals surface area contributed by atoms with Crippen LogP contribution in [0, 0.1) is 0 Å². The molecule has 2 heterocycles. The van der Waals surface area contributed by atoms with Crippen molar-refractivity contribution in [1.29, 1.82) is 0 Å². The molecule has 0 unspecified atom stereocenters. The van der Waals surface area contributed by atoms with Gasteiger partial charge in [-0.2, -0.15) is 0 Å². The molecule has 0 radical (unpaired) electrons. The molecule has 16 heavy (non-hydrogen) atoms.